The maximum absolute atomic E-state index is 11.4. The van der Waals surface area contributed by atoms with Crippen LogP contribution in [0.25, 0.3) is 0 Å². The molecule has 1 saturated carbocycles. The molecule has 0 N–H and O–H groups in total. The van der Waals surface area contributed by atoms with E-state index in [4.69, 9.17) is 11.6 Å². The van der Waals surface area contributed by atoms with Gasteiger partial charge in [0.05, 0.1) is 0 Å². The van der Waals surface area contributed by atoms with Crippen molar-refractivity contribution in [3.05, 3.63) is 12.7 Å². The van der Waals surface area contributed by atoms with Gasteiger partial charge in [-0.05, 0) is 12.8 Å². The number of aromatic nitrogens is 3. The van der Waals surface area contributed by atoms with E-state index in [1.807, 2.05) is 0 Å². The second-order valence-electron chi connectivity index (χ2n) is 2.98. The Morgan fingerprint density at radius 2 is 2.42 bits per heavy atom. The molecule has 0 aromatic carbocycles. The fourth-order valence-electron chi connectivity index (χ4n) is 0.992. The van der Waals surface area contributed by atoms with E-state index < -0.39 is 4.87 Å². The smallest absolute Gasteiger partial charge is 0.175 e. The summed E-state index contributed by atoms with van der Waals surface area (Å²) < 4.78 is 1.49. The van der Waals surface area contributed by atoms with Crippen LogP contribution in [0.15, 0.2) is 12.7 Å². The molecule has 1 aromatic heterocycles. The minimum Gasteiger partial charge on any atom is -0.296 e. The van der Waals surface area contributed by atoms with Crippen molar-refractivity contribution in [2.75, 3.05) is 0 Å². The molecule has 4 nitrogen and oxygen atoms in total. The van der Waals surface area contributed by atoms with Gasteiger partial charge in [-0.2, -0.15) is 5.10 Å². The molecule has 0 unspecified atom stereocenters. The predicted octanol–water partition coefficient (Wildman–Crippen LogP) is 0.619. The highest BCUT2D eigenvalue weighted by Gasteiger charge is 2.47. The molecule has 1 aromatic rings. The topological polar surface area (TPSA) is 47.8 Å². The van der Waals surface area contributed by atoms with Crippen molar-refractivity contribution in [2.24, 2.45) is 0 Å². The standard InChI is InChI=1S/C7H8ClN3O/c8-7(1-2-7)6(12)3-11-5-9-4-10-11/h4-5H,1-3H2. The zero-order chi connectivity index (χ0) is 8.60. The van der Waals surface area contributed by atoms with Crippen molar-refractivity contribution >= 4 is 17.4 Å². The van der Waals surface area contributed by atoms with Crippen LogP contribution < -0.4 is 0 Å². The summed E-state index contributed by atoms with van der Waals surface area (Å²) >= 11 is 5.90. The van der Waals surface area contributed by atoms with Crippen LogP contribution in [0.4, 0.5) is 0 Å². The Labute approximate surface area is 74.5 Å². The molecule has 1 aliphatic rings. The molecule has 0 bridgehead atoms. The Morgan fingerprint density at radius 3 is 2.92 bits per heavy atom. The number of nitrogens with zero attached hydrogens (tertiary/aromatic N) is 3. The molecule has 5 heteroatoms. The summed E-state index contributed by atoms with van der Waals surface area (Å²) in [5, 5.41) is 3.82. The van der Waals surface area contributed by atoms with Gasteiger partial charge in [0.25, 0.3) is 0 Å². The highest BCUT2D eigenvalue weighted by atomic mass is 35.5. The maximum Gasteiger partial charge on any atom is 0.175 e. The zero-order valence-electron chi connectivity index (χ0n) is 6.40. The van der Waals surface area contributed by atoms with Crippen LogP contribution in [0.1, 0.15) is 12.8 Å². The molecule has 0 atom stereocenters. The molecule has 64 valence electrons. The van der Waals surface area contributed by atoms with E-state index in [9.17, 15) is 4.79 Å². The number of ketones is 1. The number of alkyl halides is 1. The lowest BCUT2D eigenvalue weighted by molar-refractivity contribution is -0.120. The molecule has 1 fully saturated rings. The summed E-state index contributed by atoms with van der Waals surface area (Å²) in [6.07, 6.45) is 4.51. The summed E-state index contributed by atoms with van der Waals surface area (Å²) in [4.78, 5) is 14.5. The van der Waals surface area contributed by atoms with E-state index in [0.29, 0.717) is 0 Å². The Kier molecular flexibility index (Phi) is 1.65. The van der Waals surface area contributed by atoms with E-state index >= 15 is 0 Å². The van der Waals surface area contributed by atoms with E-state index in [1.165, 1.54) is 17.3 Å². The van der Waals surface area contributed by atoms with Gasteiger partial charge in [-0.3, -0.25) is 4.79 Å². The highest BCUT2D eigenvalue weighted by molar-refractivity contribution is 6.37. The van der Waals surface area contributed by atoms with E-state index in [0.717, 1.165) is 12.8 Å². The molecule has 0 amide bonds. The average molecular weight is 186 g/mol. The average Bonchev–Trinajstić information content (AvgIpc) is 2.63. The molecular formula is C7H8ClN3O. The molecule has 1 heterocycles. The number of hydrogen-bond acceptors (Lipinski definition) is 3. The van der Waals surface area contributed by atoms with E-state index in [1.54, 1.807) is 0 Å². The third-order valence-corrected chi connectivity index (χ3v) is 2.55. The van der Waals surface area contributed by atoms with E-state index in [2.05, 4.69) is 10.1 Å². The lowest BCUT2D eigenvalue weighted by atomic mass is 10.2. The SMILES string of the molecule is O=C(Cn1cncn1)C1(Cl)CC1. The zero-order valence-corrected chi connectivity index (χ0v) is 7.16. The number of halogens is 1. The number of rotatable bonds is 3. The number of Topliss-reactive ketones (excluding diaryl/α,β-unsaturated/α-hetero) is 1. The van der Waals surface area contributed by atoms with Crippen molar-refractivity contribution < 1.29 is 4.79 Å². The maximum atomic E-state index is 11.4. The van der Waals surface area contributed by atoms with Crippen LogP contribution in [-0.2, 0) is 11.3 Å². The third kappa shape index (κ3) is 1.34. The van der Waals surface area contributed by atoms with Crippen LogP contribution in [-0.4, -0.2) is 25.4 Å². The first-order valence-electron chi connectivity index (χ1n) is 3.75. The highest BCUT2D eigenvalue weighted by Crippen LogP contribution is 2.43. The molecule has 12 heavy (non-hydrogen) atoms. The Hall–Kier alpha value is -0.900. The summed E-state index contributed by atoms with van der Waals surface area (Å²) in [6.45, 7) is 0.240. The van der Waals surface area contributed by atoms with Gasteiger partial charge in [0.1, 0.15) is 24.1 Å². The minimum atomic E-state index is -0.577. The van der Waals surface area contributed by atoms with Gasteiger partial charge in [0, 0.05) is 0 Å². The first-order chi connectivity index (χ1) is 5.71. The lowest BCUT2D eigenvalue weighted by Crippen LogP contribution is -2.21. The molecule has 1 aliphatic carbocycles. The molecule has 0 saturated heterocycles. The summed E-state index contributed by atoms with van der Waals surface area (Å²) in [5.41, 5.74) is 0. The monoisotopic (exact) mass is 185 g/mol. The number of carbonyl (C=O) groups is 1. The van der Waals surface area contributed by atoms with Crippen LogP contribution in [0.3, 0.4) is 0 Å². The summed E-state index contributed by atoms with van der Waals surface area (Å²) in [6, 6.07) is 0. The van der Waals surface area contributed by atoms with Crippen LogP contribution in [0.2, 0.25) is 0 Å². The number of carbonyl (C=O) groups excluding carboxylic acids is 1. The van der Waals surface area contributed by atoms with Crippen LogP contribution in [0, 0.1) is 0 Å². The molecular weight excluding hydrogens is 178 g/mol. The molecule has 0 spiro atoms. The Balaban J connectivity index is 2.00. The second-order valence-corrected chi connectivity index (χ2v) is 3.71. The summed E-state index contributed by atoms with van der Waals surface area (Å²) in [7, 11) is 0. The van der Waals surface area contributed by atoms with Crippen molar-refractivity contribution in [1.29, 1.82) is 0 Å². The van der Waals surface area contributed by atoms with Gasteiger partial charge in [0.15, 0.2) is 5.78 Å². The van der Waals surface area contributed by atoms with Gasteiger partial charge >= 0.3 is 0 Å². The molecule has 2 rings (SSSR count). The Morgan fingerprint density at radius 1 is 1.67 bits per heavy atom. The normalized spacial score (nSPS) is 19.1. The quantitative estimate of drug-likeness (QED) is 0.649. The minimum absolute atomic E-state index is 0.0367. The van der Waals surface area contributed by atoms with Gasteiger partial charge < -0.3 is 0 Å². The Bertz CT molecular complexity index is 292. The molecule has 0 aliphatic heterocycles. The van der Waals surface area contributed by atoms with Gasteiger partial charge in [-0.25, -0.2) is 9.67 Å². The van der Waals surface area contributed by atoms with Crippen LogP contribution in [0.5, 0.6) is 0 Å². The summed E-state index contributed by atoms with van der Waals surface area (Å²) in [5.74, 6) is 0.0367. The van der Waals surface area contributed by atoms with E-state index in [-0.39, 0.29) is 12.3 Å². The van der Waals surface area contributed by atoms with Crippen molar-refractivity contribution in [3.8, 4) is 0 Å². The fraction of sp³-hybridized carbons (Fsp3) is 0.571. The first kappa shape index (κ1) is 7.73. The van der Waals surface area contributed by atoms with Gasteiger partial charge in [-0.15, -0.1) is 11.6 Å². The van der Waals surface area contributed by atoms with Gasteiger partial charge in [-0.1, -0.05) is 0 Å². The second kappa shape index (κ2) is 2.55. The largest absolute Gasteiger partial charge is 0.296 e. The van der Waals surface area contributed by atoms with Crippen LogP contribution >= 0.6 is 11.6 Å². The third-order valence-electron chi connectivity index (χ3n) is 1.96. The van der Waals surface area contributed by atoms with Gasteiger partial charge in [0.2, 0.25) is 0 Å². The van der Waals surface area contributed by atoms with Crippen molar-refractivity contribution in [3.63, 3.8) is 0 Å². The number of hydrogen-bond donors (Lipinski definition) is 0. The lowest BCUT2D eigenvalue weighted by Gasteiger charge is -2.03. The van der Waals surface area contributed by atoms with Crippen molar-refractivity contribution in [2.45, 2.75) is 24.3 Å². The van der Waals surface area contributed by atoms with Crippen molar-refractivity contribution in [1.82, 2.24) is 14.8 Å². The fourth-order valence-corrected chi connectivity index (χ4v) is 1.15. The molecule has 0 radical (unpaired) electrons. The predicted molar refractivity (Wildman–Crippen MR) is 42.8 cm³/mol. The first-order valence-corrected chi connectivity index (χ1v) is 4.13.